The topological polar surface area (TPSA) is 29.3 Å². The van der Waals surface area contributed by atoms with Gasteiger partial charge in [-0.3, -0.25) is 0 Å². The molecular weight excluding hydrogens is 159 g/mol. The van der Waals surface area contributed by atoms with Crippen LogP contribution in [-0.4, -0.2) is 32.9 Å². The summed E-state index contributed by atoms with van der Waals surface area (Å²) in [4.78, 5) is 1.76. The zero-order valence-electron chi connectivity index (χ0n) is 9.46. The summed E-state index contributed by atoms with van der Waals surface area (Å²) in [6, 6.07) is 0. The summed E-state index contributed by atoms with van der Waals surface area (Å²) < 4.78 is 0. The van der Waals surface area contributed by atoms with Gasteiger partial charge in [-0.15, -0.1) is 0 Å². The third kappa shape index (κ3) is 5.32. The summed E-state index contributed by atoms with van der Waals surface area (Å²) in [5.41, 5.74) is 5.53. The van der Waals surface area contributed by atoms with Crippen molar-refractivity contribution < 1.29 is 0 Å². The highest BCUT2D eigenvalue weighted by atomic mass is 15.0. The van der Waals surface area contributed by atoms with Gasteiger partial charge in [0.2, 0.25) is 0 Å². The van der Waals surface area contributed by atoms with E-state index in [9.17, 15) is 0 Å². The van der Waals surface area contributed by atoms with Gasteiger partial charge in [-0.05, 0) is 44.3 Å². The molecule has 13 heavy (non-hydrogen) atoms. The van der Waals surface area contributed by atoms with Crippen LogP contribution in [-0.2, 0) is 0 Å². The highest BCUT2D eigenvalue weighted by Crippen LogP contribution is 2.22. The van der Waals surface area contributed by atoms with E-state index in [-0.39, 0.29) is 0 Å². The van der Waals surface area contributed by atoms with Crippen LogP contribution in [0.4, 0.5) is 0 Å². The molecule has 76 valence electrons. The number of hydrogen-bond acceptors (Lipinski definition) is 2. The Morgan fingerprint density at radius 1 is 1.23 bits per heavy atom. The van der Waals surface area contributed by atoms with Gasteiger partial charge in [0, 0.05) is 0 Å². The average Bonchev–Trinajstić information content (AvgIpc) is 2.02. The first-order valence-corrected chi connectivity index (χ1v) is 5.15. The lowest BCUT2D eigenvalue weighted by Gasteiger charge is -2.28. The van der Waals surface area contributed by atoms with E-state index in [0.717, 1.165) is 19.5 Å². The standard InChI is InChI=1S/C10H23BN2/c1-8(5-6-12)10(3)9(2)7-13(4)11/h8-10H,5-7,12H2,1-4H3/t8?,9-,10?/m0/s1. The van der Waals surface area contributed by atoms with Gasteiger partial charge in [0.05, 0.1) is 0 Å². The molecule has 3 heteroatoms. The van der Waals surface area contributed by atoms with Gasteiger partial charge in [-0.25, -0.2) is 0 Å². The fourth-order valence-corrected chi connectivity index (χ4v) is 1.71. The minimum atomic E-state index is 0.636. The number of nitrogens with zero attached hydrogens (tertiary/aromatic N) is 1. The van der Waals surface area contributed by atoms with Gasteiger partial charge in [0.25, 0.3) is 0 Å². The first-order chi connectivity index (χ1) is 5.99. The molecule has 0 heterocycles. The van der Waals surface area contributed by atoms with Gasteiger partial charge >= 0.3 is 0 Å². The van der Waals surface area contributed by atoms with Crippen LogP contribution in [0.2, 0.25) is 0 Å². The molecule has 0 aromatic heterocycles. The molecule has 0 rings (SSSR count). The molecule has 0 fully saturated rings. The zero-order valence-corrected chi connectivity index (χ0v) is 9.46. The summed E-state index contributed by atoms with van der Waals surface area (Å²) in [7, 11) is 7.53. The molecule has 0 saturated heterocycles. The van der Waals surface area contributed by atoms with Crippen molar-refractivity contribution in [1.29, 1.82) is 0 Å². The summed E-state index contributed by atoms with van der Waals surface area (Å²) in [5.74, 6) is 2.02. The van der Waals surface area contributed by atoms with E-state index in [1.165, 1.54) is 0 Å². The van der Waals surface area contributed by atoms with Gasteiger partial charge in [-0.2, -0.15) is 0 Å². The Hall–Kier alpha value is -0.0151. The lowest BCUT2D eigenvalue weighted by atomic mass is 9.82. The molecule has 0 spiro atoms. The summed E-state index contributed by atoms with van der Waals surface area (Å²) in [6.07, 6.45) is 1.11. The average molecular weight is 182 g/mol. The molecule has 0 aliphatic carbocycles. The molecule has 0 saturated carbocycles. The second kappa shape index (κ2) is 6.44. The van der Waals surface area contributed by atoms with Crippen molar-refractivity contribution in [3.05, 3.63) is 0 Å². The van der Waals surface area contributed by atoms with E-state index in [1.54, 1.807) is 4.81 Å². The zero-order chi connectivity index (χ0) is 10.4. The number of hydrogen-bond donors (Lipinski definition) is 1. The van der Waals surface area contributed by atoms with Crippen LogP contribution in [0.15, 0.2) is 0 Å². The fraction of sp³-hybridized carbons (Fsp3) is 1.00. The second-order valence-electron chi connectivity index (χ2n) is 4.33. The van der Waals surface area contributed by atoms with Crippen LogP contribution in [0.1, 0.15) is 27.2 Å². The minimum absolute atomic E-state index is 0.636. The molecule has 2 radical (unpaired) electrons. The van der Waals surface area contributed by atoms with Crippen molar-refractivity contribution in [2.75, 3.05) is 20.1 Å². The van der Waals surface area contributed by atoms with Crippen LogP contribution in [0, 0.1) is 17.8 Å². The smallest absolute Gasteiger partial charge is 0.182 e. The molecule has 2 nitrogen and oxygen atoms in total. The highest BCUT2D eigenvalue weighted by Gasteiger charge is 2.18. The third-order valence-electron chi connectivity index (χ3n) is 2.99. The van der Waals surface area contributed by atoms with Gasteiger partial charge in [0.1, 0.15) is 0 Å². The van der Waals surface area contributed by atoms with Gasteiger partial charge in [0.15, 0.2) is 7.98 Å². The van der Waals surface area contributed by atoms with Crippen molar-refractivity contribution in [2.24, 2.45) is 23.5 Å². The van der Waals surface area contributed by atoms with Gasteiger partial charge in [-0.1, -0.05) is 20.8 Å². The molecule has 3 atom stereocenters. The monoisotopic (exact) mass is 182 g/mol. The van der Waals surface area contributed by atoms with Crippen LogP contribution in [0.3, 0.4) is 0 Å². The molecule has 0 aliphatic heterocycles. The maximum atomic E-state index is 5.61. The Morgan fingerprint density at radius 2 is 1.77 bits per heavy atom. The maximum absolute atomic E-state index is 5.61. The normalized spacial score (nSPS) is 18.6. The summed E-state index contributed by atoms with van der Waals surface area (Å²) in [6.45, 7) is 8.55. The van der Waals surface area contributed by atoms with Crippen LogP contribution >= 0.6 is 0 Å². The lowest BCUT2D eigenvalue weighted by Crippen LogP contribution is -2.29. The van der Waals surface area contributed by atoms with Crippen LogP contribution < -0.4 is 5.73 Å². The van der Waals surface area contributed by atoms with Crippen molar-refractivity contribution in [2.45, 2.75) is 27.2 Å². The van der Waals surface area contributed by atoms with Crippen molar-refractivity contribution in [3.8, 4) is 0 Å². The Bertz CT molecular complexity index is 128. The van der Waals surface area contributed by atoms with Crippen molar-refractivity contribution in [3.63, 3.8) is 0 Å². The van der Waals surface area contributed by atoms with Crippen LogP contribution in [0.5, 0.6) is 0 Å². The SMILES string of the molecule is [B]N(C)C[C@H](C)C(C)C(C)CCN. The van der Waals surface area contributed by atoms with Crippen molar-refractivity contribution >= 4 is 7.98 Å². The van der Waals surface area contributed by atoms with E-state index in [4.69, 9.17) is 13.7 Å². The maximum Gasteiger partial charge on any atom is 0.182 e. The predicted molar refractivity (Wildman–Crippen MR) is 59.5 cm³/mol. The first-order valence-electron chi connectivity index (χ1n) is 5.15. The van der Waals surface area contributed by atoms with Gasteiger partial charge < -0.3 is 10.5 Å². The molecule has 2 unspecified atom stereocenters. The molecular formula is C10H23BN2. The Kier molecular flexibility index (Phi) is 6.43. The molecule has 0 amide bonds. The van der Waals surface area contributed by atoms with E-state index < -0.39 is 0 Å². The third-order valence-corrected chi connectivity index (χ3v) is 2.99. The minimum Gasteiger partial charge on any atom is -0.356 e. The molecule has 0 aliphatic rings. The quantitative estimate of drug-likeness (QED) is 0.626. The fourth-order valence-electron chi connectivity index (χ4n) is 1.71. The van der Waals surface area contributed by atoms with E-state index in [1.807, 2.05) is 7.05 Å². The lowest BCUT2D eigenvalue weighted by molar-refractivity contribution is 0.241. The second-order valence-corrected chi connectivity index (χ2v) is 4.33. The largest absolute Gasteiger partial charge is 0.356 e. The molecule has 0 aromatic rings. The molecule has 0 bridgehead atoms. The Labute approximate surface area is 84.3 Å². The Morgan fingerprint density at radius 3 is 2.15 bits per heavy atom. The summed E-state index contributed by atoms with van der Waals surface area (Å²) in [5, 5.41) is 0. The number of rotatable bonds is 6. The van der Waals surface area contributed by atoms with Crippen LogP contribution in [0.25, 0.3) is 0 Å². The van der Waals surface area contributed by atoms with Crippen molar-refractivity contribution in [1.82, 2.24) is 4.81 Å². The Balaban J connectivity index is 3.85. The van der Waals surface area contributed by atoms with E-state index in [0.29, 0.717) is 17.8 Å². The molecule has 0 aromatic carbocycles. The predicted octanol–water partition coefficient (Wildman–Crippen LogP) is 1.26. The number of nitrogens with two attached hydrogens (primary N) is 1. The molecule has 2 N–H and O–H groups in total. The summed E-state index contributed by atoms with van der Waals surface area (Å²) >= 11 is 0. The van der Waals surface area contributed by atoms with E-state index >= 15 is 0 Å². The van der Waals surface area contributed by atoms with E-state index in [2.05, 4.69) is 20.8 Å². The highest BCUT2D eigenvalue weighted by molar-refractivity contribution is 6.04. The first kappa shape index (κ1) is 13.0.